The zero-order chi connectivity index (χ0) is 15.5. The Bertz CT molecular complexity index is 688. The summed E-state index contributed by atoms with van der Waals surface area (Å²) in [5.74, 6) is 0.193. The molecular formula is C17H16BrNO3. The number of benzene rings is 2. The number of carbonyl (C=O) groups excluding carboxylic acids is 1. The smallest absolute Gasteiger partial charge is 0.410 e. The predicted octanol–water partition coefficient (Wildman–Crippen LogP) is 3.85. The van der Waals surface area contributed by atoms with E-state index in [1.165, 1.54) is 0 Å². The Morgan fingerprint density at radius 3 is 2.77 bits per heavy atom. The molecule has 1 aliphatic heterocycles. The fourth-order valence-electron chi connectivity index (χ4n) is 2.53. The predicted molar refractivity (Wildman–Crippen MR) is 86.5 cm³/mol. The third-order valence-corrected chi connectivity index (χ3v) is 4.38. The minimum Gasteiger partial charge on any atom is -0.507 e. The van der Waals surface area contributed by atoms with Crippen LogP contribution in [0, 0.1) is 0 Å². The van der Waals surface area contributed by atoms with Crippen LogP contribution in [0.2, 0.25) is 0 Å². The largest absolute Gasteiger partial charge is 0.507 e. The normalized spacial score (nSPS) is 13.6. The van der Waals surface area contributed by atoms with Crippen molar-refractivity contribution >= 4 is 22.0 Å². The number of amides is 1. The monoisotopic (exact) mass is 361 g/mol. The van der Waals surface area contributed by atoms with Crippen LogP contribution in [0.4, 0.5) is 4.79 Å². The highest BCUT2D eigenvalue weighted by Crippen LogP contribution is 2.30. The number of halogens is 1. The number of nitrogens with zero attached hydrogens (tertiary/aromatic N) is 1. The zero-order valence-corrected chi connectivity index (χ0v) is 13.5. The number of rotatable bonds is 2. The van der Waals surface area contributed by atoms with Crippen LogP contribution in [0.1, 0.15) is 16.7 Å². The summed E-state index contributed by atoms with van der Waals surface area (Å²) >= 11 is 3.31. The van der Waals surface area contributed by atoms with Gasteiger partial charge in [0.25, 0.3) is 0 Å². The molecule has 1 amide bonds. The highest BCUT2D eigenvalue weighted by molar-refractivity contribution is 9.10. The number of phenols is 1. The van der Waals surface area contributed by atoms with Crippen LogP contribution in [0.3, 0.4) is 0 Å². The highest BCUT2D eigenvalue weighted by atomic mass is 79.9. The fraction of sp³-hybridized carbons (Fsp3) is 0.235. The first kappa shape index (κ1) is 14.9. The molecule has 3 rings (SSSR count). The molecule has 0 saturated carbocycles. The van der Waals surface area contributed by atoms with Crippen LogP contribution < -0.4 is 0 Å². The number of aromatic hydroxyl groups is 1. The lowest BCUT2D eigenvalue weighted by atomic mass is 10.00. The number of hydrogen-bond donors (Lipinski definition) is 1. The van der Waals surface area contributed by atoms with Gasteiger partial charge in [-0.3, -0.25) is 0 Å². The number of hydrogen-bond acceptors (Lipinski definition) is 3. The minimum absolute atomic E-state index is 0.193. The summed E-state index contributed by atoms with van der Waals surface area (Å²) in [6, 6.07) is 13.2. The van der Waals surface area contributed by atoms with E-state index in [2.05, 4.69) is 15.9 Å². The van der Waals surface area contributed by atoms with Gasteiger partial charge in [0.15, 0.2) is 0 Å². The first-order valence-corrected chi connectivity index (χ1v) is 7.88. The Morgan fingerprint density at radius 1 is 1.23 bits per heavy atom. The van der Waals surface area contributed by atoms with Crippen LogP contribution in [0.25, 0.3) is 0 Å². The molecule has 0 saturated heterocycles. The van der Waals surface area contributed by atoms with Crippen LogP contribution in [0.5, 0.6) is 5.75 Å². The summed E-state index contributed by atoms with van der Waals surface area (Å²) in [6.45, 7) is 1.36. The molecule has 5 heteroatoms. The van der Waals surface area contributed by atoms with E-state index in [4.69, 9.17) is 4.74 Å². The number of fused-ring (bicyclic) bond motifs is 1. The van der Waals surface area contributed by atoms with Crippen LogP contribution in [0.15, 0.2) is 46.9 Å². The van der Waals surface area contributed by atoms with E-state index >= 15 is 0 Å². The van der Waals surface area contributed by atoms with Crippen molar-refractivity contribution in [2.45, 2.75) is 19.6 Å². The third-order valence-electron chi connectivity index (χ3n) is 3.74. The quantitative estimate of drug-likeness (QED) is 0.883. The van der Waals surface area contributed by atoms with Crippen LogP contribution in [-0.2, 0) is 24.3 Å². The molecule has 1 heterocycles. The number of phenolic OH excluding ortho intramolecular Hbond substituents is 1. The maximum atomic E-state index is 12.2. The van der Waals surface area contributed by atoms with Crippen molar-refractivity contribution in [3.8, 4) is 5.75 Å². The van der Waals surface area contributed by atoms with E-state index in [0.717, 1.165) is 23.1 Å². The molecule has 4 nitrogen and oxygen atoms in total. The Balaban J connectivity index is 1.64. The second-order valence-electron chi connectivity index (χ2n) is 5.28. The van der Waals surface area contributed by atoms with E-state index in [1.54, 1.807) is 11.0 Å². The summed E-state index contributed by atoms with van der Waals surface area (Å²) in [4.78, 5) is 13.8. The van der Waals surface area contributed by atoms with Crippen LogP contribution in [-0.4, -0.2) is 22.6 Å². The molecule has 114 valence electrons. The lowest BCUT2D eigenvalue weighted by Crippen LogP contribution is -2.36. The molecule has 0 atom stereocenters. The Morgan fingerprint density at radius 2 is 2.00 bits per heavy atom. The molecule has 0 aliphatic carbocycles. The van der Waals surface area contributed by atoms with Crippen molar-refractivity contribution in [3.63, 3.8) is 0 Å². The molecule has 1 aliphatic rings. The molecule has 2 aromatic rings. The summed E-state index contributed by atoms with van der Waals surface area (Å²) < 4.78 is 6.04. The van der Waals surface area contributed by atoms with Gasteiger partial charge in [0.2, 0.25) is 0 Å². The van der Waals surface area contributed by atoms with Gasteiger partial charge in [-0.25, -0.2) is 4.79 Å². The number of carbonyl (C=O) groups is 1. The van der Waals surface area contributed by atoms with Crippen molar-refractivity contribution < 1.29 is 14.6 Å². The van der Waals surface area contributed by atoms with E-state index in [-0.39, 0.29) is 18.4 Å². The molecule has 0 bridgehead atoms. The van der Waals surface area contributed by atoms with Gasteiger partial charge in [-0.1, -0.05) is 30.3 Å². The van der Waals surface area contributed by atoms with E-state index in [1.807, 2.05) is 36.4 Å². The Kier molecular flexibility index (Phi) is 4.34. The van der Waals surface area contributed by atoms with E-state index in [0.29, 0.717) is 17.6 Å². The fourth-order valence-corrected chi connectivity index (χ4v) is 2.92. The standard InChI is InChI=1S/C17H16BrNO3/c18-15-8-13-6-7-19(10-14(13)9-16(15)20)17(21)22-11-12-4-2-1-3-5-12/h1-5,8-9,20H,6-7,10-11H2. The van der Waals surface area contributed by atoms with Gasteiger partial charge >= 0.3 is 6.09 Å². The van der Waals surface area contributed by atoms with Gasteiger partial charge in [-0.05, 0) is 51.2 Å². The topological polar surface area (TPSA) is 49.8 Å². The molecule has 0 aromatic heterocycles. The van der Waals surface area contributed by atoms with Gasteiger partial charge in [0.1, 0.15) is 12.4 Å². The van der Waals surface area contributed by atoms with Gasteiger partial charge in [0, 0.05) is 13.1 Å². The number of ether oxygens (including phenoxy) is 1. The molecule has 0 unspecified atom stereocenters. The molecule has 0 radical (unpaired) electrons. The second-order valence-corrected chi connectivity index (χ2v) is 6.14. The lowest BCUT2D eigenvalue weighted by Gasteiger charge is -2.28. The molecule has 0 fully saturated rings. The second kappa shape index (κ2) is 6.40. The average molecular weight is 362 g/mol. The summed E-state index contributed by atoms with van der Waals surface area (Å²) in [6.07, 6.45) is 0.436. The highest BCUT2D eigenvalue weighted by Gasteiger charge is 2.22. The Hall–Kier alpha value is -2.01. The maximum Gasteiger partial charge on any atom is 0.410 e. The molecule has 22 heavy (non-hydrogen) atoms. The van der Waals surface area contributed by atoms with Crippen molar-refractivity contribution in [3.05, 3.63) is 63.6 Å². The van der Waals surface area contributed by atoms with Gasteiger partial charge < -0.3 is 14.7 Å². The lowest BCUT2D eigenvalue weighted by molar-refractivity contribution is 0.0918. The van der Waals surface area contributed by atoms with Crippen molar-refractivity contribution in [1.29, 1.82) is 0 Å². The average Bonchev–Trinajstić information content (AvgIpc) is 2.54. The van der Waals surface area contributed by atoms with Gasteiger partial charge in [-0.15, -0.1) is 0 Å². The first-order valence-electron chi connectivity index (χ1n) is 7.09. The minimum atomic E-state index is -0.322. The maximum absolute atomic E-state index is 12.2. The SMILES string of the molecule is O=C(OCc1ccccc1)N1CCc2cc(Br)c(O)cc2C1. The van der Waals surface area contributed by atoms with Crippen molar-refractivity contribution in [2.24, 2.45) is 0 Å². The Labute approximate surface area is 137 Å². The summed E-state index contributed by atoms with van der Waals surface area (Å²) in [7, 11) is 0. The molecular weight excluding hydrogens is 346 g/mol. The summed E-state index contributed by atoms with van der Waals surface area (Å²) in [5, 5.41) is 9.77. The van der Waals surface area contributed by atoms with Crippen molar-refractivity contribution in [1.82, 2.24) is 4.90 Å². The molecule has 0 spiro atoms. The first-order chi connectivity index (χ1) is 10.6. The van der Waals surface area contributed by atoms with Gasteiger partial charge in [0.05, 0.1) is 4.47 Å². The van der Waals surface area contributed by atoms with Crippen LogP contribution >= 0.6 is 15.9 Å². The molecule has 2 aromatic carbocycles. The zero-order valence-electron chi connectivity index (χ0n) is 12.0. The third kappa shape index (κ3) is 3.25. The molecule has 1 N–H and O–H groups in total. The van der Waals surface area contributed by atoms with E-state index < -0.39 is 0 Å². The van der Waals surface area contributed by atoms with Crippen molar-refractivity contribution in [2.75, 3.05) is 6.54 Å². The summed E-state index contributed by atoms with van der Waals surface area (Å²) in [5.41, 5.74) is 3.08. The van der Waals surface area contributed by atoms with E-state index in [9.17, 15) is 9.90 Å². The van der Waals surface area contributed by atoms with Gasteiger partial charge in [-0.2, -0.15) is 0 Å².